The zero-order valence-corrected chi connectivity index (χ0v) is 10.9. The molecule has 0 aliphatic heterocycles. The van der Waals surface area contributed by atoms with Gasteiger partial charge in [0.15, 0.2) is 23.3 Å². The van der Waals surface area contributed by atoms with Gasteiger partial charge in [-0.1, -0.05) is 29.3 Å². The summed E-state index contributed by atoms with van der Waals surface area (Å²) in [5.74, 6) is 3.46. The molecule has 0 saturated heterocycles. The first-order valence-electron chi connectivity index (χ1n) is 5.06. The maximum Gasteiger partial charge on any atom is 0.182 e. The molecular weight excluding hydrogens is 297 g/mol. The molecule has 0 aliphatic rings. The van der Waals surface area contributed by atoms with Gasteiger partial charge in [-0.2, -0.15) is 0 Å². The molecular formula is C11H8Cl2F2N4. The van der Waals surface area contributed by atoms with Crippen molar-refractivity contribution in [2.24, 2.45) is 5.84 Å². The molecule has 4 nitrogen and oxygen atoms in total. The van der Waals surface area contributed by atoms with E-state index in [1.54, 1.807) is 0 Å². The number of hydrazine groups is 1. The predicted octanol–water partition coefficient (Wildman–Crippen LogP) is 3.70. The van der Waals surface area contributed by atoms with E-state index in [-0.39, 0.29) is 27.4 Å². The van der Waals surface area contributed by atoms with Gasteiger partial charge in [0.25, 0.3) is 0 Å². The van der Waals surface area contributed by atoms with Crippen LogP contribution in [-0.2, 0) is 0 Å². The van der Waals surface area contributed by atoms with Crippen LogP contribution in [0.3, 0.4) is 0 Å². The van der Waals surface area contributed by atoms with E-state index in [1.165, 1.54) is 18.2 Å². The van der Waals surface area contributed by atoms with Crippen molar-refractivity contribution in [3.8, 4) is 0 Å². The van der Waals surface area contributed by atoms with Crippen molar-refractivity contribution in [1.82, 2.24) is 4.98 Å². The minimum Gasteiger partial charge on any atom is -0.336 e. The molecule has 0 atom stereocenters. The number of pyridine rings is 1. The van der Waals surface area contributed by atoms with Crippen LogP contribution in [0.1, 0.15) is 0 Å². The van der Waals surface area contributed by atoms with Crippen molar-refractivity contribution in [2.75, 3.05) is 10.7 Å². The van der Waals surface area contributed by atoms with Gasteiger partial charge in [-0.3, -0.25) is 0 Å². The Morgan fingerprint density at radius 3 is 2.47 bits per heavy atom. The van der Waals surface area contributed by atoms with Gasteiger partial charge >= 0.3 is 0 Å². The molecule has 2 aromatic rings. The first kappa shape index (κ1) is 13.8. The SMILES string of the molecule is NNc1nc(Nc2cccc(F)c2F)c(Cl)cc1Cl. The molecule has 1 aromatic heterocycles. The van der Waals surface area contributed by atoms with E-state index in [0.717, 1.165) is 6.07 Å². The highest BCUT2D eigenvalue weighted by Crippen LogP contribution is 2.31. The first-order valence-corrected chi connectivity index (χ1v) is 5.82. The van der Waals surface area contributed by atoms with Crippen LogP contribution in [0.5, 0.6) is 0 Å². The zero-order valence-electron chi connectivity index (χ0n) is 9.35. The third-order valence-corrected chi connectivity index (χ3v) is 2.85. The van der Waals surface area contributed by atoms with E-state index in [1.807, 2.05) is 0 Å². The summed E-state index contributed by atoms with van der Waals surface area (Å²) in [6, 6.07) is 5.09. The van der Waals surface area contributed by atoms with Crippen molar-refractivity contribution in [3.63, 3.8) is 0 Å². The molecule has 0 amide bonds. The van der Waals surface area contributed by atoms with Gasteiger partial charge in [0.1, 0.15) is 0 Å². The number of hydrogen-bond acceptors (Lipinski definition) is 4. The topological polar surface area (TPSA) is 63.0 Å². The van der Waals surface area contributed by atoms with Crippen LogP contribution in [0.4, 0.5) is 26.1 Å². The highest BCUT2D eigenvalue weighted by Gasteiger charge is 2.12. The molecule has 0 bridgehead atoms. The van der Waals surface area contributed by atoms with E-state index in [4.69, 9.17) is 29.0 Å². The second kappa shape index (κ2) is 5.56. The number of nitrogens with one attached hydrogen (secondary N) is 2. The molecule has 100 valence electrons. The predicted molar refractivity (Wildman–Crippen MR) is 71.7 cm³/mol. The van der Waals surface area contributed by atoms with E-state index in [0.29, 0.717) is 0 Å². The Kier molecular flexibility index (Phi) is 4.04. The first-order chi connectivity index (χ1) is 9.02. The second-order valence-electron chi connectivity index (χ2n) is 3.52. The fraction of sp³-hybridized carbons (Fsp3) is 0. The zero-order chi connectivity index (χ0) is 14.0. The fourth-order valence-electron chi connectivity index (χ4n) is 1.38. The molecule has 2 rings (SSSR count). The number of anilines is 3. The summed E-state index contributed by atoms with van der Waals surface area (Å²) in [7, 11) is 0. The summed E-state index contributed by atoms with van der Waals surface area (Å²) < 4.78 is 26.6. The lowest BCUT2D eigenvalue weighted by Crippen LogP contribution is -2.10. The number of benzene rings is 1. The lowest BCUT2D eigenvalue weighted by Gasteiger charge is -2.11. The van der Waals surface area contributed by atoms with E-state index in [2.05, 4.69) is 15.7 Å². The Morgan fingerprint density at radius 2 is 1.79 bits per heavy atom. The Balaban J connectivity index is 2.41. The summed E-state index contributed by atoms with van der Waals surface area (Å²) in [6.45, 7) is 0. The Morgan fingerprint density at radius 1 is 1.11 bits per heavy atom. The van der Waals surface area contributed by atoms with Crippen molar-refractivity contribution >= 4 is 40.5 Å². The van der Waals surface area contributed by atoms with Gasteiger partial charge in [-0.25, -0.2) is 19.6 Å². The molecule has 0 radical (unpaired) electrons. The average Bonchev–Trinajstić information content (AvgIpc) is 2.38. The second-order valence-corrected chi connectivity index (χ2v) is 4.33. The highest BCUT2D eigenvalue weighted by atomic mass is 35.5. The number of nitrogens with zero attached hydrogens (tertiary/aromatic N) is 1. The molecule has 0 saturated carbocycles. The van der Waals surface area contributed by atoms with Gasteiger partial charge in [0.05, 0.1) is 15.7 Å². The minimum absolute atomic E-state index is 0.0975. The quantitative estimate of drug-likeness (QED) is 0.598. The summed E-state index contributed by atoms with van der Waals surface area (Å²) in [5, 5.41) is 2.92. The van der Waals surface area contributed by atoms with Crippen LogP contribution < -0.4 is 16.6 Å². The monoisotopic (exact) mass is 304 g/mol. The van der Waals surface area contributed by atoms with Crippen LogP contribution in [0.25, 0.3) is 0 Å². The molecule has 0 unspecified atom stereocenters. The van der Waals surface area contributed by atoms with Gasteiger partial charge in [-0.15, -0.1) is 0 Å². The Bertz CT molecular complexity index is 622. The van der Waals surface area contributed by atoms with Gasteiger partial charge in [0, 0.05) is 0 Å². The van der Waals surface area contributed by atoms with Crippen molar-refractivity contribution in [2.45, 2.75) is 0 Å². The van der Waals surface area contributed by atoms with E-state index < -0.39 is 11.6 Å². The van der Waals surface area contributed by atoms with Gasteiger partial charge in [-0.05, 0) is 18.2 Å². The number of halogens is 4. The standard InChI is InChI=1S/C11H8Cl2F2N4/c12-5-4-6(13)11(19-16)18-10(5)17-8-3-1-2-7(14)9(8)15/h1-4H,16H2,(H2,17,18,19). The summed E-state index contributed by atoms with van der Waals surface area (Å²) in [4.78, 5) is 3.96. The van der Waals surface area contributed by atoms with Gasteiger partial charge < -0.3 is 10.7 Å². The maximum absolute atomic E-state index is 13.5. The third-order valence-electron chi connectivity index (χ3n) is 2.27. The van der Waals surface area contributed by atoms with Crippen LogP contribution >= 0.6 is 23.2 Å². The summed E-state index contributed by atoms with van der Waals surface area (Å²) in [6.07, 6.45) is 0. The lowest BCUT2D eigenvalue weighted by atomic mass is 10.3. The molecule has 0 spiro atoms. The average molecular weight is 305 g/mol. The number of nitrogens with two attached hydrogens (primary N) is 1. The van der Waals surface area contributed by atoms with E-state index in [9.17, 15) is 8.78 Å². The van der Waals surface area contributed by atoms with Crippen LogP contribution in [0.15, 0.2) is 24.3 Å². The van der Waals surface area contributed by atoms with E-state index >= 15 is 0 Å². The number of aromatic nitrogens is 1. The Labute approximate surface area is 117 Å². The summed E-state index contributed by atoms with van der Waals surface area (Å²) in [5.41, 5.74) is 2.17. The maximum atomic E-state index is 13.5. The Hall–Kier alpha value is -1.63. The molecule has 19 heavy (non-hydrogen) atoms. The number of nitrogen functional groups attached to an aromatic ring is 1. The van der Waals surface area contributed by atoms with Gasteiger partial charge in [0.2, 0.25) is 0 Å². The lowest BCUT2D eigenvalue weighted by molar-refractivity contribution is 0.511. The smallest absolute Gasteiger partial charge is 0.182 e. The van der Waals surface area contributed by atoms with Crippen molar-refractivity contribution in [3.05, 3.63) is 45.9 Å². The van der Waals surface area contributed by atoms with Crippen molar-refractivity contribution in [1.29, 1.82) is 0 Å². The van der Waals surface area contributed by atoms with Crippen molar-refractivity contribution < 1.29 is 8.78 Å². The molecule has 1 heterocycles. The normalized spacial score (nSPS) is 10.4. The number of hydrogen-bond donors (Lipinski definition) is 3. The number of rotatable bonds is 3. The minimum atomic E-state index is -1.03. The highest BCUT2D eigenvalue weighted by molar-refractivity contribution is 6.37. The summed E-state index contributed by atoms with van der Waals surface area (Å²) >= 11 is 11.7. The van der Waals surface area contributed by atoms with Crippen LogP contribution in [0, 0.1) is 11.6 Å². The molecule has 0 fully saturated rings. The largest absolute Gasteiger partial charge is 0.336 e. The van der Waals surface area contributed by atoms with Crippen LogP contribution in [-0.4, -0.2) is 4.98 Å². The van der Waals surface area contributed by atoms with Crippen LogP contribution in [0.2, 0.25) is 10.0 Å². The third kappa shape index (κ3) is 2.86. The molecule has 1 aromatic carbocycles. The molecule has 8 heteroatoms. The fourth-order valence-corrected chi connectivity index (χ4v) is 1.84. The molecule has 4 N–H and O–H groups in total. The molecule has 0 aliphatic carbocycles.